The third kappa shape index (κ3) is 2.82. The van der Waals surface area contributed by atoms with Gasteiger partial charge in [0.2, 0.25) is 5.89 Å². The summed E-state index contributed by atoms with van der Waals surface area (Å²) in [4.78, 5) is 7.05. The zero-order chi connectivity index (χ0) is 19.3. The molecule has 1 aliphatic carbocycles. The van der Waals surface area contributed by atoms with Crippen LogP contribution in [0.2, 0.25) is 0 Å². The Morgan fingerprint density at radius 1 is 1.14 bits per heavy atom. The second-order valence-corrected chi connectivity index (χ2v) is 7.80. The number of benzene rings is 1. The highest BCUT2D eigenvalue weighted by molar-refractivity contribution is 5.83. The Morgan fingerprint density at radius 3 is 2.61 bits per heavy atom. The average molecular weight is 387 g/mol. The number of fused-ring (bicyclic) bond motifs is 1. The lowest BCUT2D eigenvalue weighted by Gasteiger charge is -2.41. The number of hydrogen-bond acceptors (Lipinski definition) is 5. The summed E-state index contributed by atoms with van der Waals surface area (Å²) in [6.07, 6.45) is 6.50. The fraction of sp³-hybridized carbons (Fsp3) is 0.550. The van der Waals surface area contributed by atoms with Gasteiger partial charge in [0.25, 0.3) is 5.95 Å². The average Bonchev–Trinajstić information content (AvgIpc) is 3.29. The number of likely N-dealkylation sites (tertiary alicyclic amines) is 1. The first-order chi connectivity index (χ1) is 13.7. The van der Waals surface area contributed by atoms with Crippen LogP contribution in [-0.4, -0.2) is 44.0 Å². The highest BCUT2D eigenvalue weighted by Crippen LogP contribution is 2.33. The van der Waals surface area contributed by atoms with Crippen molar-refractivity contribution in [2.24, 2.45) is 0 Å². The van der Waals surface area contributed by atoms with Crippen molar-refractivity contribution in [3.63, 3.8) is 0 Å². The summed E-state index contributed by atoms with van der Waals surface area (Å²) in [5, 5.41) is 9.00. The molecule has 1 saturated carbocycles. The summed E-state index contributed by atoms with van der Waals surface area (Å²) in [7, 11) is 0. The lowest BCUT2D eigenvalue weighted by molar-refractivity contribution is 0.0923. The molecule has 1 saturated heterocycles. The molecular formula is C20H23F2N5O. The van der Waals surface area contributed by atoms with Crippen LogP contribution in [0.15, 0.2) is 16.7 Å². The quantitative estimate of drug-likeness (QED) is 0.678. The van der Waals surface area contributed by atoms with Gasteiger partial charge in [-0.2, -0.15) is 14.8 Å². The van der Waals surface area contributed by atoms with E-state index in [1.54, 1.807) is 6.07 Å². The highest BCUT2D eigenvalue weighted by Gasteiger charge is 2.31. The molecule has 28 heavy (non-hydrogen) atoms. The molecule has 0 spiro atoms. The van der Waals surface area contributed by atoms with Gasteiger partial charge in [-0.1, -0.05) is 13.3 Å². The van der Waals surface area contributed by atoms with E-state index < -0.39 is 11.6 Å². The fourth-order valence-corrected chi connectivity index (χ4v) is 4.35. The summed E-state index contributed by atoms with van der Waals surface area (Å²) in [5.41, 5.74) is 0.734. The van der Waals surface area contributed by atoms with Crippen LogP contribution in [0.4, 0.5) is 8.78 Å². The zero-order valence-electron chi connectivity index (χ0n) is 15.9. The third-order valence-electron chi connectivity index (χ3n) is 6.24. The Hall–Kier alpha value is -2.35. The van der Waals surface area contributed by atoms with Gasteiger partial charge in [-0.3, -0.25) is 0 Å². The van der Waals surface area contributed by atoms with Crippen molar-refractivity contribution in [3.05, 3.63) is 35.4 Å². The van der Waals surface area contributed by atoms with E-state index in [9.17, 15) is 8.78 Å². The topological polar surface area (TPSA) is 60.0 Å². The van der Waals surface area contributed by atoms with Crippen LogP contribution >= 0.6 is 0 Å². The van der Waals surface area contributed by atoms with Gasteiger partial charge in [-0.25, -0.2) is 8.78 Å². The molecule has 0 bridgehead atoms. The largest absolute Gasteiger partial charge is 0.337 e. The van der Waals surface area contributed by atoms with E-state index in [2.05, 4.69) is 20.1 Å². The molecular weight excluding hydrogens is 364 g/mol. The smallest absolute Gasteiger partial charge is 0.291 e. The molecule has 0 N–H and O–H groups in total. The van der Waals surface area contributed by atoms with Crippen molar-refractivity contribution in [1.82, 2.24) is 24.8 Å². The van der Waals surface area contributed by atoms with Crippen molar-refractivity contribution in [2.45, 2.75) is 57.4 Å². The number of nitrogens with zero attached hydrogens (tertiary/aromatic N) is 5. The van der Waals surface area contributed by atoms with Gasteiger partial charge in [-0.05, 0) is 62.5 Å². The molecule has 5 rings (SSSR count). The van der Waals surface area contributed by atoms with E-state index in [4.69, 9.17) is 4.52 Å². The summed E-state index contributed by atoms with van der Waals surface area (Å²) >= 11 is 0. The maximum absolute atomic E-state index is 14.5. The van der Waals surface area contributed by atoms with E-state index in [-0.39, 0.29) is 17.4 Å². The summed E-state index contributed by atoms with van der Waals surface area (Å²) in [6, 6.07) is 3.42. The highest BCUT2D eigenvalue weighted by atomic mass is 19.2. The lowest BCUT2D eigenvalue weighted by Crippen LogP contribution is -2.44. The summed E-state index contributed by atoms with van der Waals surface area (Å²) in [5.74, 6) is -0.938. The molecule has 2 aromatic heterocycles. The van der Waals surface area contributed by atoms with Crippen LogP contribution in [0, 0.1) is 11.6 Å². The standard InChI is InChI=1S/C20H23F2N5O/c1-2-16-14-6-7-15(21)17(22)18(14)27(24-16)20-23-19(28-25-20)12-8-10-26(11-9-12)13-4-3-5-13/h6-7,12-13H,2-5,8-11H2,1H3. The molecule has 0 amide bonds. The molecule has 3 heterocycles. The van der Waals surface area contributed by atoms with Gasteiger partial charge < -0.3 is 9.42 Å². The molecule has 148 valence electrons. The Labute approximate surface area is 161 Å². The van der Waals surface area contributed by atoms with Crippen LogP contribution in [-0.2, 0) is 6.42 Å². The number of rotatable bonds is 4. The van der Waals surface area contributed by atoms with E-state index in [1.165, 1.54) is 23.9 Å². The van der Waals surface area contributed by atoms with Crippen LogP contribution in [0.5, 0.6) is 0 Å². The minimum absolute atomic E-state index is 0.0593. The number of hydrogen-bond donors (Lipinski definition) is 0. The van der Waals surface area contributed by atoms with E-state index >= 15 is 0 Å². The van der Waals surface area contributed by atoms with Crippen LogP contribution in [0.1, 0.15) is 56.5 Å². The van der Waals surface area contributed by atoms with Crippen molar-refractivity contribution in [1.29, 1.82) is 0 Å². The molecule has 0 atom stereocenters. The molecule has 2 aliphatic rings. The van der Waals surface area contributed by atoms with Gasteiger partial charge in [0.15, 0.2) is 11.6 Å². The van der Waals surface area contributed by atoms with Gasteiger partial charge in [0.1, 0.15) is 5.52 Å². The zero-order valence-corrected chi connectivity index (χ0v) is 15.9. The number of aromatic nitrogens is 4. The second kappa shape index (κ2) is 6.92. The summed E-state index contributed by atoms with van der Waals surface area (Å²) in [6.45, 7) is 4.00. The normalized spacial score (nSPS) is 19.4. The maximum Gasteiger partial charge on any atom is 0.291 e. The van der Waals surface area contributed by atoms with Gasteiger partial charge in [-0.15, -0.1) is 0 Å². The van der Waals surface area contributed by atoms with E-state index in [0.29, 0.717) is 23.4 Å². The number of aryl methyl sites for hydroxylation is 1. The Bertz CT molecular complexity index is 1000. The summed E-state index contributed by atoms with van der Waals surface area (Å²) < 4.78 is 35.1. The minimum atomic E-state index is -0.940. The van der Waals surface area contributed by atoms with E-state index in [0.717, 1.165) is 38.0 Å². The van der Waals surface area contributed by atoms with Crippen LogP contribution in [0.3, 0.4) is 0 Å². The molecule has 3 aromatic rings. The lowest BCUT2D eigenvalue weighted by atomic mass is 9.88. The fourth-order valence-electron chi connectivity index (χ4n) is 4.35. The first kappa shape index (κ1) is 17.7. The number of piperidine rings is 1. The molecule has 2 fully saturated rings. The molecule has 0 radical (unpaired) electrons. The first-order valence-electron chi connectivity index (χ1n) is 10.1. The Balaban J connectivity index is 1.43. The molecule has 1 aliphatic heterocycles. The second-order valence-electron chi connectivity index (χ2n) is 7.80. The molecule has 1 aromatic carbocycles. The molecule has 6 nitrogen and oxygen atoms in total. The van der Waals surface area contributed by atoms with Gasteiger partial charge >= 0.3 is 0 Å². The first-order valence-corrected chi connectivity index (χ1v) is 10.1. The monoisotopic (exact) mass is 387 g/mol. The maximum atomic E-state index is 14.5. The van der Waals surface area contributed by atoms with E-state index in [1.807, 2.05) is 6.92 Å². The molecule has 0 unspecified atom stereocenters. The Morgan fingerprint density at radius 2 is 1.93 bits per heavy atom. The van der Waals surface area contributed by atoms with Gasteiger partial charge in [0.05, 0.1) is 5.69 Å². The van der Waals surface area contributed by atoms with Crippen molar-refractivity contribution >= 4 is 10.9 Å². The predicted octanol–water partition coefficient (Wildman–Crippen LogP) is 3.98. The van der Waals surface area contributed by atoms with Crippen molar-refractivity contribution in [3.8, 4) is 5.95 Å². The predicted molar refractivity (Wildman–Crippen MR) is 99.4 cm³/mol. The Kier molecular flexibility index (Phi) is 4.38. The van der Waals surface area contributed by atoms with Crippen molar-refractivity contribution < 1.29 is 13.3 Å². The van der Waals surface area contributed by atoms with Crippen LogP contribution in [0.25, 0.3) is 16.9 Å². The number of halogens is 2. The van der Waals surface area contributed by atoms with Crippen molar-refractivity contribution in [2.75, 3.05) is 13.1 Å². The molecule has 8 heteroatoms. The van der Waals surface area contributed by atoms with Gasteiger partial charge in [0, 0.05) is 17.3 Å². The third-order valence-corrected chi connectivity index (χ3v) is 6.24. The van der Waals surface area contributed by atoms with Crippen LogP contribution < -0.4 is 0 Å². The minimum Gasteiger partial charge on any atom is -0.337 e. The SMILES string of the molecule is CCc1nn(-c2noc(C3CCN(C4CCC4)CC3)n2)c2c(F)c(F)ccc12.